The zero-order valence-electron chi connectivity index (χ0n) is 13.2. The fourth-order valence-corrected chi connectivity index (χ4v) is 2.82. The summed E-state index contributed by atoms with van der Waals surface area (Å²) in [4.78, 5) is 6.09. The molecule has 1 atom stereocenters. The van der Waals surface area contributed by atoms with E-state index in [1.54, 1.807) is 43.1 Å². The lowest BCUT2D eigenvalue weighted by atomic mass is 10.2. The molecule has 1 N–H and O–H groups in total. The number of para-hydroxylation sites is 2. The average molecular weight is 346 g/mol. The van der Waals surface area contributed by atoms with Gasteiger partial charge in [0.2, 0.25) is 10.0 Å². The quantitative estimate of drug-likeness (QED) is 0.832. The average Bonchev–Trinajstić information content (AvgIpc) is 2.84. The molecule has 1 aromatic heterocycles. The van der Waals surface area contributed by atoms with Crippen LogP contribution in [0.2, 0.25) is 0 Å². The molecule has 0 saturated heterocycles. The molecule has 0 amide bonds. The number of rotatable bonds is 7. The predicted octanol–water partition coefficient (Wildman–Crippen LogP) is 1.97. The van der Waals surface area contributed by atoms with Gasteiger partial charge in [0, 0.05) is 13.1 Å². The van der Waals surface area contributed by atoms with Crippen molar-refractivity contribution in [3.63, 3.8) is 0 Å². The predicted molar refractivity (Wildman–Crippen MR) is 84.9 cm³/mol. The molecule has 0 aliphatic heterocycles. The van der Waals surface area contributed by atoms with Crippen molar-refractivity contribution in [1.82, 2.24) is 19.2 Å². The Kier molecular flexibility index (Phi) is 5.33. The van der Waals surface area contributed by atoms with Crippen molar-refractivity contribution in [3.05, 3.63) is 30.1 Å². The molecule has 128 valence electrons. The Bertz CT molecular complexity index is 776. The Morgan fingerprint density at radius 2 is 2.00 bits per heavy atom. The third kappa shape index (κ3) is 4.24. The minimum absolute atomic E-state index is 0.203. The highest BCUT2D eigenvalue weighted by Gasteiger charge is 2.24. The molecule has 0 aliphatic rings. The molecule has 9 heteroatoms. The fraction of sp³-hybridized carbons (Fsp3) is 0.500. The first-order valence-corrected chi connectivity index (χ1v) is 8.99. The molecule has 2 aromatic rings. The van der Waals surface area contributed by atoms with E-state index in [0.29, 0.717) is 17.6 Å². The second-order valence-corrected chi connectivity index (χ2v) is 7.26. The Morgan fingerprint density at radius 1 is 1.35 bits per heavy atom. The van der Waals surface area contributed by atoms with Crippen LogP contribution in [0.15, 0.2) is 24.3 Å². The summed E-state index contributed by atoms with van der Waals surface area (Å²) in [5.74, 6) is 0.253. The van der Waals surface area contributed by atoms with E-state index in [9.17, 15) is 17.2 Å². The van der Waals surface area contributed by atoms with E-state index >= 15 is 0 Å². The Labute approximate surface area is 134 Å². The van der Waals surface area contributed by atoms with E-state index < -0.39 is 22.6 Å². The molecule has 1 aromatic carbocycles. The van der Waals surface area contributed by atoms with Crippen molar-refractivity contribution in [2.24, 2.45) is 0 Å². The lowest BCUT2D eigenvalue weighted by Gasteiger charge is -2.24. The van der Waals surface area contributed by atoms with Crippen molar-refractivity contribution in [2.75, 3.05) is 26.4 Å². The highest BCUT2D eigenvalue weighted by molar-refractivity contribution is 7.88. The first-order chi connectivity index (χ1) is 10.7. The van der Waals surface area contributed by atoms with Gasteiger partial charge < -0.3 is 0 Å². The summed E-state index contributed by atoms with van der Waals surface area (Å²) in [6, 6.07) is 6.35. The van der Waals surface area contributed by atoms with Crippen LogP contribution in [-0.2, 0) is 10.0 Å². The van der Waals surface area contributed by atoms with Gasteiger partial charge in [-0.1, -0.05) is 12.1 Å². The lowest BCUT2D eigenvalue weighted by Crippen LogP contribution is -2.34. The highest BCUT2D eigenvalue weighted by atomic mass is 32.2. The van der Waals surface area contributed by atoms with Gasteiger partial charge in [0.15, 0.2) is 0 Å². The van der Waals surface area contributed by atoms with Crippen LogP contribution < -0.4 is 4.72 Å². The summed E-state index contributed by atoms with van der Waals surface area (Å²) < 4.78 is 52.3. The maximum atomic E-state index is 13.4. The molecule has 1 unspecified atom stereocenters. The number of hydrogen-bond acceptors (Lipinski definition) is 4. The van der Waals surface area contributed by atoms with Crippen LogP contribution in [0.25, 0.3) is 11.0 Å². The van der Waals surface area contributed by atoms with Crippen LogP contribution in [0.3, 0.4) is 0 Å². The van der Waals surface area contributed by atoms with Crippen LogP contribution in [-0.4, -0.2) is 49.3 Å². The largest absolute Gasteiger partial charge is 0.320 e. The van der Waals surface area contributed by atoms with Crippen LogP contribution in [0.4, 0.5) is 8.78 Å². The summed E-state index contributed by atoms with van der Waals surface area (Å²) in [6.07, 6.45) is 1.08. The van der Waals surface area contributed by atoms with Crippen molar-refractivity contribution in [3.8, 4) is 0 Å². The number of benzene rings is 1. The number of likely N-dealkylation sites (N-methyl/N-ethyl adjacent to an activating group) is 1. The van der Waals surface area contributed by atoms with E-state index in [1.807, 2.05) is 0 Å². The summed E-state index contributed by atoms with van der Waals surface area (Å²) in [7, 11) is -1.53. The van der Waals surface area contributed by atoms with Gasteiger partial charge in [0.25, 0.3) is 0 Å². The normalized spacial score (nSPS) is 14.0. The molecule has 1 heterocycles. The summed E-state index contributed by atoms with van der Waals surface area (Å²) in [5, 5.41) is 0. The number of halogens is 2. The maximum Gasteiger partial charge on any atom is 0.320 e. The van der Waals surface area contributed by atoms with Gasteiger partial charge in [0.05, 0.1) is 23.3 Å². The standard InChI is InChI=1S/C14H20F2N4O2S/c1-10(19(2)9-8-17-23(3,21)22)13-18-11-6-4-5-7-12(11)20(13)14(15)16/h4-7,10,14,17H,8-9H2,1-3H3. The third-order valence-electron chi connectivity index (χ3n) is 3.68. The maximum absolute atomic E-state index is 13.4. The molecule has 0 radical (unpaired) electrons. The van der Waals surface area contributed by atoms with E-state index in [-0.39, 0.29) is 12.4 Å². The van der Waals surface area contributed by atoms with Crippen LogP contribution >= 0.6 is 0 Å². The molecule has 23 heavy (non-hydrogen) atoms. The van der Waals surface area contributed by atoms with E-state index in [2.05, 4.69) is 9.71 Å². The number of nitrogens with one attached hydrogen (secondary N) is 1. The monoisotopic (exact) mass is 346 g/mol. The van der Waals surface area contributed by atoms with Gasteiger partial charge in [0.1, 0.15) is 5.82 Å². The van der Waals surface area contributed by atoms with Crippen molar-refractivity contribution >= 4 is 21.1 Å². The van der Waals surface area contributed by atoms with Crippen LogP contribution in [0.1, 0.15) is 25.3 Å². The zero-order chi connectivity index (χ0) is 17.2. The SMILES string of the molecule is CC(c1nc2ccccc2n1C(F)F)N(C)CCNS(C)(=O)=O. The van der Waals surface area contributed by atoms with Crippen molar-refractivity contribution in [1.29, 1.82) is 0 Å². The molecular weight excluding hydrogens is 326 g/mol. The molecule has 0 fully saturated rings. The number of hydrogen-bond donors (Lipinski definition) is 1. The number of alkyl halides is 2. The molecule has 0 spiro atoms. The number of nitrogens with zero attached hydrogens (tertiary/aromatic N) is 3. The minimum atomic E-state index is -3.27. The van der Waals surface area contributed by atoms with E-state index in [1.165, 1.54) is 0 Å². The van der Waals surface area contributed by atoms with E-state index in [4.69, 9.17) is 0 Å². The van der Waals surface area contributed by atoms with Gasteiger partial charge in [-0.05, 0) is 26.1 Å². The third-order valence-corrected chi connectivity index (χ3v) is 4.41. The van der Waals surface area contributed by atoms with Gasteiger partial charge in [-0.15, -0.1) is 0 Å². The molecule has 0 aliphatic carbocycles. The lowest BCUT2D eigenvalue weighted by molar-refractivity contribution is 0.0662. The fourth-order valence-electron chi connectivity index (χ4n) is 2.36. The number of sulfonamides is 1. The van der Waals surface area contributed by atoms with E-state index in [0.717, 1.165) is 10.8 Å². The van der Waals surface area contributed by atoms with Gasteiger partial charge in [-0.3, -0.25) is 9.47 Å². The van der Waals surface area contributed by atoms with Gasteiger partial charge >= 0.3 is 6.55 Å². The second-order valence-electron chi connectivity index (χ2n) is 5.43. The van der Waals surface area contributed by atoms with Crippen molar-refractivity contribution < 1.29 is 17.2 Å². The smallest absolute Gasteiger partial charge is 0.295 e. The van der Waals surface area contributed by atoms with Crippen LogP contribution in [0, 0.1) is 0 Å². The minimum Gasteiger partial charge on any atom is -0.295 e. The zero-order valence-corrected chi connectivity index (χ0v) is 14.0. The topological polar surface area (TPSA) is 67.2 Å². The summed E-state index contributed by atoms with van der Waals surface area (Å²) >= 11 is 0. The molecule has 2 rings (SSSR count). The Morgan fingerprint density at radius 3 is 2.61 bits per heavy atom. The molecule has 0 bridgehead atoms. The second kappa shape index (κ2) is 6.90. The Hall–Kier alpha value is -1.58. The number of imidazole rings is 1. The molecule has 0 saturated carbocycles. The van der Waals surface area contributed by atoms with Gasteiger partial charge in [-0.2, -0.15) is 8.78 Å². The number of aromatic nitrogens is 2. The molecule has 6 nitrogen and oxygen atoms in total. The Balaban J connectivity index is 2.23. The first-order valence-electron chi connectivity index (χ1n) is 7.10. The van der Waals surface area contributed by atoms with Crippen molar-refractivity contribution in [2.45, 2.75) is 19.5 Å². The van der Waals surface area contributed by atoms with Crippen LogP contribution in [0.5, 0.6) is 0 Å². The summed E-state index contributed by atoms with van der Waals surface area (Å²) in [6.45, 7) is -0.349. The highest BCUT2D eigenvalue weighted by Crippen LogP contribution is 2.28. The number of fused-ring (bicyclic) bond motifs is 1. The van der Waals surface area contributed by atoms with Gasteiger partial charge in [-0.25, -0.2) is 18.1 Å². The summed E-state index contributed by atoms with van der Waals surface area (Å²) in [5.41, 5.74) is 0.893. The molecular formula is C14H20F2N4O2S. The first kappa shape index (κ1) is 17.8.